The van der Waals surface area contributed by atoms with Crippen LogP contribution in [-0.2, 0) is 11.2 Å². The van der Waals surface area contributed by atoms with E-state index in [1.807, 2.05) is 0 Å². The fourth-order valence-corrected chi connectivity index (χ4v) is 1.68. The molecule has 0 aromatic heterocycles. The highest BCUT2D eigenvalue weighted by Crippen LogP contribution is 2.09. The molecule has 0 heterocycles. The lowest BCUT2D eigenvalue weighted by atomic mass is 10.1. The van der Waals surface area contributed by atoms with E-state index in [9.17, 15) is 9.18 Å². The number of benzene rings is 2. The minimum atomic E-state index is -0.311. The highest BCUT2D eigenvalue weighted by molar-refractivity contribution is 6.30. The molecule has 0 saturated heterocycles. The van der Waals surface area contributed by atoms with Crippen LogP contribution in [0.15, 0.2) is 53.6 Å². The first-order valence-electron chi connectivity index (χ1n) is 5.95. The van der Waals surface area contributed by atoms with Crippen LogP contribution in [-0.4, -0.2) is 12.1 Å². The maximum atomic E-state index is 12.7. The van der Waals surface area contributed by atoms with Gasteiger partial charge < -0.3 is 0 Å². The van der Waals surface area contributed by atoms with Gasteiger partial charge in [0, 0.05) is 5.02 Å². The zero-order chi connectivity index (χ0) is 14.4. The van der Waals surface area contributed by atoms with Gasteiger partial charge in [0.25, 0.3) is 0 Å². The molecular weight excluding hydrogens is 279 g/mol. The number of halogens is 2. The summed E-state index contributed by atoms with van der Waals surface area (Å²) in [6.45, 7) is 0. The summed E-state index contributed by atoms with van der Waals surface area (Å²) in [6, 6.07) is 12.8. The highest BCUT2D eigenvalue weighted by Gasteiger charge is 2.01. The highest BCUT2D eigenvalue weighted by atomic mass is 35.5. The Labute approximate surface area is 121 Å². The van der Waals surface area contributed by atoms with Crippen LogP contribution < -0.4 is 5.43 Å². The molecule has 0 unspecified atom stereocenters. The third-order valence-electron chi connectivity index (χ3n) is 2.55. The maximum Gasteiger partial charge on any atom is 0.244 e. The smallest absolute Gasteiger partial charge is 0.244 e. The second-order valence-electron chi connectivity index (χ2n) is 4.15. The molecule has 2 rings (SSSR count). The minimum absolute atomic E-state index is 0.220. The van der Waals surface area contributed by atoms with E-state index < -0.39 is 0 Å². The lowest BCUT2D eigenvalue weighted by molar-refractivity contribution is -0.120. The third kappa shape index (κ3) is 4.48. The molecule has 0 spiro atoms. The standard InChI is InChI=1S/C15H12ClFN2O/c16-13-5-1-11(2-6-13)9-15(20)19-18-10-12-3-7-14(17)8-4-12/h1-8,10H,9H2,(H,19,20)/b18-10-. The summed E-state index contributed by atoms with van der Waals surface area (Å²) in [6.07, 6.45) is 1.68. The number of nitrogens with one attached hydrogen (secondary N) is 1. The fourth-order valence-electron chi connectivity index (χ4n) is 1.55. The molecule has 0 aliphatic carbocycles. The molecule has 1 amide bonds. The normalized spacial score (nSPS) is 10.7. The topological polar surface area (TPSA) is 41.5 Å². The first-order valence-corrected chi connectivity index (χ1v) is 6.33. The van der Waals surface area contributed by atoms with Gasteiger partial charge in [-0.3, -0.25) is 4.79 Å². The summed E-state index contributed by atoms with van der Waals surface area (Å²) in [5.74, 6) is -0.542. The van der Waals surface area contributed by atoms with Crippen LogP contribution in [0.1, 0.15) is 11.1 Å². The monoisotopic (exact) mass is 290 g/mol. The molecule has 20 heavy (non-hydrogen) atoms. The van der Waals surface area contributed by atoms with Crippen molar-refractivity contribution in [1.29, 1.82) is 0 Å². The van der Waals surface area contributed by atoms with E-state index in [2.05, 4.69) is 10.5 Å². The van der Waals surface area contributed by atoms with Gasteiger partial charge in [0.15, 0.2) is 0 Å². The molecular formula is C15H12ClFN2O. The number of rotatable bonds is 4. The van der Waals surface area contributed by atoms with Crippen LogP contribution >= 0.6 is 11.6 Å². The quantitative estimate of drug-likeness (QED) is 0.682. The van der Waals surface area contributed by atoms with E-state index >= 15 is 0 Å². The molecule has 0 fully saturated rings. The number of hydrogen-bond acceptors (Lipinski definition) is 2. The fraction of sp³-hybridized carbons (Fsp3) is 0.0667. The van der Waals surface area contributed by atoms with Crippen molar-refractivity contribution in [2.24, 2.45) is 5.10 Å². The van der Waals surface area contributed by atoms with E-state index in [1.165, 1.54) is 18.3 Å². The average Bonchev–Trinajstić information content (AvgIpc) is 2.44. The van der Waals surface area contributed by atoms with Crippen LogP contribution in [0.2, 0.25) is 5.02 Å². The van der Waals surface area contributed by atoms with Crippen molar-refractivity contribution >= 4 is 23.7 Å². The Hall–Kier alpha value is -2.20. The van der Waals surface area contributed by atoms with E-state index in [0.717, 1.165) is 5.56 Å². The van der Waals surface area contributed by atoms with Crippen molar-refractivity contribution in [3.05, 3.63) is 70.5 Å². The molecule has 0 atom stereocenters. The Bertz CT molecular complexity index is 609. The Morgan fingerprint density at radius 2 is 1.80 bits per heavy atom. The van der Waals surface area contributed by atoms with Gasteiger partial charge in [-0.25, -0.2) is 9.82 Å². The van der Waals surface area contributed by atoms with Crippen molar-refractivity contribution in [3.63, 3.8) is 0 Å². The zero-order valence-corrected chi connectivity index (χ0v) is 11.3. The number of hydrogen-bond donors (Lipinski definition) is 1. The van der Waals surface area contributed by atoms with Crippen molar-refractivity contribution < 1.29 is 9.18 Å². The lowest BCUT2D eigenvalue weighted by Gasteiger charge is -2.00. The molecule has 2 aromatic carbocycles. The zero-order valence-electron chi connectivity index (χ0n) is 10.5. The van der Waals surface area contributed by atoms with Gasteiger partial charge in [-0.2, -0.15) is 5.10 Å². The summed E-state index contributed by atoms with van der Waals surface area (Å²) in [5.41, 5.74) is 3.97. The van der Waals surface area contributed by atoms with E-state index in [4.69, 9.17) is 11.6 Å². The average molecular weight is 291 g/mol. The number of amides is 1. The predicted molar refractivity (Wildman–Crippen MR) is 77.3 cm³/mol. The van der Waals surface area contributed by atoms with Gasteiger partial charge in [0.05, 0.1) is 12.6 Å². The molecule has 3 nitrogen and oxygen atoms in total. The molecule has 5 heteroatoms. The van der Waals surface area contributed by atoms with Gasteiger partial charge >= 0.3 is 0 Å². The Morgan fingerprint density at radius 1 is 1.15 bits per heavy atom. The van der Waals surface area contributed by atoms with Crippen molar-refractivity contribution in [2.75, 3.05) is 0 Å². The Morgan fingerprint density at radius 3 is 2.45 bits per heavy atom. The maximum absolute atomic E-state index is 12.7. The number of hydrazone groups is 1. The summed E-state index contributed by atoms with van der Waals surface area (Å²) in [7, 11) is 0. The molecule has 0 radical (unpaired) electrons. The second kappa shape index (κ2) is 6.82. The Balaban J connectivity index is 1.85. The number of nitrogens with zero attached hydrogens (tertiary/aromatic N) is 1. The molecule has 0 bridgehead atoms. The first kappa shape index (κ1) is 14.2. The molecule has 0 aliphatic rings. The summed E-state index contributed by atoms with van der Waals surface area (Å²) in [4.78, 5) is 11.6. The van der Waals surface area contributed by atoms with Crippen LogP contribution in [0, 0.1) is 5.82 Å². The molecule has 0 saturated carbocycles. The van der Waals surface area contributed by atoms with Crippen LogP contribution in [0.5, 0.6) is 0 Å². The van der Waals surface area contributed by atoms with E-state index in [-0.39, 0.29) is 18.1 Å². The number of carbonyl (C=O) groups is 1. The van der Waals surface area contributed by atoms with Gasteiger partial charge in [0.1, 0.15) is 5.82 Å². The van der Waals surface area contributed by atoms with Crippen molar-refractivity contribution in [3.8, 4) is 0 Å². The largest absolute Gasteiger partial charge is 0.273 e. The summed E-state index contributed by atoms with van der Waals surface area (Å²) >= 11 is 5.76. The van der Waals surface area contributed by atoms with Gasteiger partial charge in [-0.1, -0.05) is 35.9 Å². The summed E-state index contributed by atoms with van der Waals surface area (Å²) < 4.78 is 12.7. The van der Waals surface area contributed by atoms with Crippen molar-refractivity contribution in [2.45, 2.75) is 6.42 Å². The van der Waals surface area contributed by atoms with Gasteiger partial charge in [-0.05, 0) is 35.4 Å². The van der Waals surface area contributed by atoms with Crippen LogP contribution in [0.25, 0.3) is 0 Å². The lowest BCUT2D eigenvalue weighted by Crippen LogP contribution is -2.19. The van der Waals surface area contributed by atoms with E-state index in [1.54, 1.807) is 36.4 Å². The molecule has 1 N–H and O–H groups in total. The van der Waals surface area contributed by atoms with Gasteiger partial charge in [0.2, 0.25) is 5.91 Å². The SMILES string of the molecule is O=C(Cc1ccc(Cl)cc1)N/N=C\c1ccc(F)cc1. The summed E-state index contributed by atoms with van der Waals surface area (Å²) in [5, 5.41) is 4.44. The van der Waals surface area contributed by atoms with Gasteiger partial charge in [-0.15, -0.1) is 0 Å². The number of carbonyl (C=O) groups excluding carboxylic acids is 1. The van der Waals surface area contributed by atoms with Crippen LogP contribution in [0.3, 0.4) is 0 Å². The van der Waals surface area contributed by atoms with E-state index in [0.29, 0.717) is 10.6 Å². The van der Waals surface area contributed by atoms with Crippen molar-refractivity contribution in [1.82, 2.24) is 5.43 Å². The molecule has 102 valence electrons. The first-order chi connectivity index (χ1) is 9.63. The third-order valence-corrected chi connectivity index (χ3v) is 2.80. The predicted octanol–water partition coefficient (Wildman–Crippen LogP) is 3.17. The Kier molecular flexibility index (Phi) is 4.85. The minimum Gasteiger partial charge on any atom is -0.273 e. The molecule has 2 aromatic rings. The van der Waals surface area contributed by atoms with Crippen LogP contribution in [0.4, 0.5) is 4.39 Å². The second-order valence-corrected chi connectivity index (χ2v) is 4.58. The molecule has 0 aliphatic heterocycles.